The number of aromatic nitrogens is 1. The minimum atomic E-state index is 0.517. The maximum absolute atomic E-state index is 5.59. The zero-order valence-electron chi connectivity index (χ0n) is 10.6. The summed E-state index contributed by atoms with van der Waals surface area (Å²) in [4.78, 5) is 6.68. The van der Waals surface area contributed by atoms with E-state index in [9.17, 15) is 0 Å². The predicted octanol–water partition coefficient (Wildman–Crippen LogP) is 2.16. The van der Waals surface area contributed by atoms with Gasteiger partial charge in [-0.1, -0.05) is 13.8 Å². The van der Waals surface area contributed by atoms with Gasteiger partial charge in [0.15, 0.2) is 0 Å². The van der Waals surface area contributed by atoms with Crippen molar-refractivity contribution in [1.29, 1.82) is 0 Å². The fourth-order valence-electron chi connectivity index (χ4n) is 1.81. The zero-order chi connectivity index (χ0) is 12.0. The van der Waals surface area contributed by atoms with E-state index in [1.165, 1.54) is 12.0 Å². The third-order valence-corrected chi connectivity index (χ3v) is 3.10. The van der Waals surface area contributed by atoms with Gasteiger partial charge in [0.25, 0.3) is 0 Å². The smallest absolute Gasteiger partial charge is 0.0542 e. The molecule has 0 aliphatic carbocycles. The molecule has 1 atom stereocenters. The summed E-state index contributed by atoms with van der Waals surface area (Å²) in [6.45, 7) is 9.29. The fraction of sp³-hybridized carbons (Fsp3) is 0.615. The molecule has 0 amide bonds. The van der Waals surface area contributed by atoms with Crippen molar-refractivity contribution in [2.24, 2.45) is 5.73 Å². The minimum Gasteiger partial charge on any atom is -0.325 e. The van der Waals surface area contributed by atoms with E-state index in [1.54, 1.807) is 0 Å². The van der Waals surface area contributed by atoms with Crippen LogP contribution in [0, 0.1) is 0 Å². The molecule has 0 radical (unpaired) electrons. The van der Waals surface area contributed by atoms with Crippen LogP contribution in [-0.4, -0.2) is 22.5 Å². The largest absolute Gasteiger partial charge is 0.325 e. The number of nitrogens with zero attached hydrogens (tertiary/aromatic N) is 2. The molecule has 3 heteroatoms. The van der Waals surface area contributed by atoms with Crippen molar-refractivity contribution in [3.8, 4) is 0 Å². The van der Waals surface area contributed by atoms with Crippen molar-refractivity contribution in [2.75, 3.05) is 6.54 Å². The lowest BCUT2D eigenvalue weighted by molar-refractivity contribution is 0.206. The second kappa shape index (κ2) is 6.61. The Kier molecular flexibility index (Phi) is 5.43. The lowest BCUT2D eigenvalue weighted by atomic mass is 10.1. The first-order valence-corrected chi connectivity index (χ1v) is 6.09. The summed E-state index contributed by atoms with van der Waals surface area (Å²) in [5.41, 5.74) is 7.87. The number of nitrogens with two attached hydrogens (primary N) is 1. The van der Waals surface area contributed by atoms with E-state index in [-0.39, 0.29) is 0 Å². The van der Waals surface area contributed by atoms with Gasteiger partial charge in [-0.3, -0.25) is 9.88 Å². The van der Waals surface area contributed by atoms with Crippen molar-refractivity contribution in [3.05, 3.63) is 29.6 Å². The molecule has 2 N–H and O–H groups in total. The van der Waals surface area contributed by atoms with Crippen LogP contribution in [0.5, 0.6) is 0 Å². The van der Waals surface area contributed by atoms with Gasteiger partial charge in [-0.15, -0.1) is 0 Å². The topological polar surface area (TPSA) is 42.2 Å². The Hall–Kier alpha value is -0.930. The van der Waals surface area contributed by atoms with E-state index >= 15 is 0 Å². The molecule has 0 bridgehead atoms. The first kappa shape index (κ1) is 13.1. The molecule has 1 heterocycles. The molecular formula is C13H23N3. The summed E-state index contributed by atoms with van der Waals surface area (Å²) in [7, 11) is 0. The summed E-state index contributed by atoms with van der Waals surface area (Å²) in [5, 5.41) is 0. The van der Waals surface area contributed by atoms with Gasteiger partial charge < -0.3 is 5.73 Å². The number of hydrogen-bond donors (Lipinski definition) is 1. The van der Waals surface area contributed by atoms with Gasteiger partial charge in [-0.2, -0.15) is 0 Å². The zero-order valence-corrected chi connectivity index (χ0v) is 10.6. The summed E-state index contributed by atoms with van der Waals surface area (Å²) in [6.07, 6.45) is 3.03. The molecule has 90 valence electrons. The molecule has 0 fully saturated rings. The first-order chi connectivity index (χ1) is 7.71. The molecule has 1 aromatic heterocycles. The van der Waals surface area contributed by atoms with Crippen LogP contribution < -0.4 is 5.73 Å². The van der Waals surface area contributed by atoms with Crippen molar-refractivity contribution < 1.29 is 0 Å². The first-order valence-electron chi connectivity index (χ1n) is 6.09. The van der Waals surface area contributed by atoms with E-state index < -0.39 is 0 Å². The predicted molar refractivity (Wildman–Crippen MR) is 68.0 cm³/mol. The van der Waals surface area contributed by atoms with Gasteiger partial charge in [0.2, 0.25) is 0 Å². The van der Waals surface area contributed by atoms with E-state index in [2.05, 4.69) is 42.8 Å². The van der Waals surface area contributed by atoms with Crippen LogP contribution in [0.25, 0.3) is 0 Å². The highest BCUT2D eigenvalue weighted by Gasteiger charge is 2.10. The molecule has 1 rings (SSSR count). The highest BCUT2D eigenvalue weighted by Crippen LogP contribution is 2.10. The molecule has 0 aliphatic heterocycles. The Balaban J connectivity index is 2.69. The average Bonchev–Trinajstić information content (AvgIpc) is 2.35. The van der Waals surface area contributed by atoms with E-state index in [4.69, 9.17) is 5.73 Å². The van der Waals surface area contributed by atoms with Gasteiger partial charge in [-0.05, 0) is 37.6 Å². The molecule has 3 nitrogen and oxygen atoms in total. The van der Waals surface area contributed by atoms with Gasteiger partial charge in [0.05, 0.1) is 5.69 Å². The molecule has 0 aliphatic rings. The summed E-state index contributed by atoms with van der Waals surface area (Å²) in [5.74, 6) is 0. The van der Waals surface area contributed by atoms with Gasteiger partial charge in [0, 0.05) is 25.3 Å². The Morgan fingerprint density at radius 2 is 2.19 bits per heavy atom. The highest BCUT2D eigenvalue weighted by atomic mass is 15.1. The van der Waals surface area contributed by atoms with Crippen LogP contribution in [0.4, 0.5) is 0 Å². The molecular weight excluding hydrogens is 198 g/mol. The lowest BCUT2D eigenvalue weighted by Crippen LogP contribution is -2.31. The fourth-order valence-corrected chi connectivity index (χ4v) is 1.81. The summed E-state index contributed by atoms with van der Waals surface area (Å²) in [6, 6.07) is 4.80. The molecule has 0 aromatic carbocycles. The minimum absolute atomic E-state index is 0.517. The summed E-state index contributed by atoms with van der Waals surface area (Å²) >= 11 is 0. The number of rotatable bonds is 6. The van der Waals surface area contributed by atoms with Crippen molar-refractivity contribution >= 4 is 0 Å². The molecule has 16 heavy (non-hydrogen) atoms. The quantitative estimate of drug-likeness (QED) is 0.800. The van der Waals surface area contributed by atoms with E-state index in [1.807, 2.05) is 6.20 Å². The Morgan fingerprint density at radius 3 is 2.75 bits per heavy atom. The van der Waals surface area contributed by atoms with Crippen LogP contribution in [0.2, 0.25) is 0 Å². The molecule has 0 spiro atoms. The van der Waals surface area contributed by atoms with Crippen molar-refractivity contribution in [3.63, 3.8) is 0 Å². The molecule has 0 saturated carbocycles. The van der Waals surface area contributed by atoms with Gasteiger partial charge >= 0.3 is 0 Å². The van der Waals surface area contributed by atoms with Gasteiger partial charge in [-0.25, -0.2) is 0 Å². The summed E-state index contributed by atoms with van der Waals surface area (Å²) < 4.78 is 0. The van der Waals surface area contributed by atoms with Crippen LogP contribution in [0.3, 0.4) is 0 Å². The SMILES string of the molecule is CCC(C)N(CC)Cc1ccnc(CN)c1. The van der Waals surface area contributed by atoms with Crippen LogP contribution in [0.15, 0.2) is 18.3 Å². The highest BCUT2D eigenvalue weighted by molar-refractivity contribution is 5.16. The molecule has 0 saturated heterocycles. The van der Waals surface area contributed by atoms with Crippen LogP contribution >= 0.6 is 0 Å². The van der Waals surface area contributed by atoms with Crippen LogP contribution in [-0.2, 0) is 13.1 Å². The second-order valence-electron chi connectivity index (χ2n) is 4.18. The molecule has 1 unspecified atom stereocenters. The Labute approximate surface area is 98.7 Å². The maximum atomic E-state index is 5.59. The standard InChI is InChI=1S/C13H23N3/c1-4-11(3)16(5-2)10-12-6-7-15-13(8-12)9-14/h6-8,11H,4-5,9-10,14H2,1-3H3. The van der Waals surface area contributed by atoms with Crippen molar-refractivity contribution in [2.45, 2.75) is 46.3 Å². The molecule has 1 aromatic rings. The van der Waals surface area contributed by atoms with Gasteiger partial charge in [0.1, 0.15) is 0 Å². The van der Waals surface area contributed by atoms with Crippen LogP contribution in [0.1, 0.15) is 38.4 Å². The third-order valence-electron chi connectivity index (χ3n) is 3.10. The van der Waals surface area contributed by atoms with E-state index in [0.29, 0.717) is 12.6 Å². The Morgan fingerprint density at radius 1 is 1.44 bits per heavy atom. The lowest BCUT2D eigenvalue weighted by Gasteiger charge is -2.27. The monoisotopic (exact) mass is 221 g/mol. The van der Waals surface area contributed by atoms with E-state index in [0.717, 1.165) is 18.8 Å². The third kappa shape index (κ3) is 3.58. The maximum Gasteiger partial charge on any atom is 0.0542 e. The Bertz CT molecular complexity index is 312. The van der Waals surface area contributed by atoms with Crippen molar-refractivity contribution in [1.82, 2.24) is 9.88 Å². The second-order valence-corrected chi connectivity index (χ2v) is 4.18. The number of pyridine rings is 1. The normalized spacial score (nSPS) is 13.1. The number of hydrogen-bond acceptors (Lipinski definition) is 3. The average molecular weight is 221 g/mol.